The van der Waals surface area contributed by atoms with Gasteiger partial charge in [-0.05, 0) is 48.4 Å². The lowest BCUT2D eigenvalue weighted by Crippen LogP contribution is -2.23. The maximum Gasteiger partial charge on any atom is 0.119 e. The standard InChI is InChI=1S/C15H19NOS/c1-17-14-5-2-4-12(11-14)10-13(16)7-8-15-6-3-9-18-15/h2-6,9,11,13H,7-8,10,16H2,1H3. The predicted octanol–water partition coefficient (Wildman–Crippen LogP) is 3.26. The van der Waals surface area contributed by atoms with Crippen LogP contribution in [0.1, 0.15) is 16.9 Å². The second-order valence-electron chi connectivity index (χ2n) is 4.43. The van der Waals surface area contributed by atoms with Crippen LogP contribution in [0.2, 0.25) is 0 Å². The molecule has 1 aromatic carbocycles. The van der Waals surface area contributed by atoms with Crippen molar-refractivity contribution < 1.29 is 4.74 Å². The molecule has 2 aromatic rings. The average molecular weight is 261 g/mol. The van der Waals surface area contributed by atoms with Crippen molar-refractivity contribution in [2.45, 2.75) is 25.3 Å². The molecule has 96 valence electrons. The summed E-state index contributed by atoms with van der Waals surface area (Å²) in [5.41, 5.74) is 7.42. The Bertz CT molecular complexity index is 467. The summed E-state index contributed by atoms with van der Waals surface area (Å²) in [7, 11) is 1.69. The molecule has 0 bridgehead atoms. The molecule has 0 aliphatic heterocycles. The van der Waals surface area contributed by atoms with E-state index in [2.05, 4.69) is 29.6 Å². The Morgan fingerprint density at radius 2 is 2.17 bits per heavy atom. The van der Waals surface area contributed by atoms with Gasteiger partial charge in [0, 0.05) is 10.9 Å². The van der Waals surface area contributed by atoms with Crippen LogP contribution in [0.25, 0.3) is 0 Å². The highest BCUT2D eigenvalue weighted by atomic mass is 32.1. The fourth-order valence-electron chi connectivity index (χ4n) is 1.99. The molecule has 1 unspecified atom stereocenters. The first-order chi connectivity index (χ1) is 8.78. The number of ether oxygens (including phenoxy) is 1. The first-order valence-electron chi connectivity index (χ1n) is 6.19. The molecule has 0 amide bonds. The molecule has 0 saturated heterocycles. The minimum Gasteiger partial charge on any atom is -0.497 e. The van der Waals surface area contributed by atoms with Gasteiger partial charge in [0.05, 0.1) is 7.11 Å². The number of aryl methyl sites for hydroxylation is 1. The van der Waals surface area contributed by atoms with E-state index >= 15 is 0 Å². The Kier molecular flexibility index (Phi) is 4.79. The van der Waals surface area contributed by atoms with Gasteiger partial charge in [-0.2, -0.15) is 0 Å². The number of rotatable bonds is 6. The van der Waals surface area contributed by atoms with Gasteiger partial charge in [0.2, 0.25) is 0 Å². The lowest BCUT2D eigenvalue weighted by molar-refractivity contribution is 0.414. The van der Waals surface area contributed by atoms with Crippen LogP contribution in [0, 0.1) is 0 Å². The monoisotopic (exact) mass is 261 g/mol. The smallest absolute Gasteiger partial charge is 0.119 e. The largest absolute Gasteiger partial charge is 0.497 e. The lowest BCUT2D eigenvalue weighted by atomic mass is 10.0. The number of methoxy groups -OCH3 is 1. The van der Waals surface area contributed by atoms with Gasteiger partial charge in [-0.3, -0.25) is 0 Å². The summed E-state index contributed by atoms with van der Waals surface area (Å²) in [5, 5.41) is 2.11. The lowest BCUT2D eigenvalue weighted by Gasteiger charge is -2.11. The molecular formula is C15H19NOS. The summed E-state index contributed by atoms with van der Waals surface area (Å²) in [4.78, 5) is 1.41. The molecule has 0 radical (unpaired) electrons. The van der Waals surface area contributed by atoms with Crippen molar-refractivity contribution in [2.24, 2.45) is 5.73 Å². The summed E-state index contributed by atoms with van der Waals surface area (Å²) < 4.78 is 5.22. The normalized spacial score (nSPS) is 12.3. The average Bonchev–Trinajstić information content (AvgIpc) is 2.90. The van der Waals surface area contributed by atoms with Crippen molar-refractivity contribution in [1.82, 2.24) is 0 Å². The second kappa shape index (κ2) is 6.57. The van der Waals surface area contributed by atoms with Gasteiger partial charge in [0.25, 0.3) is 0 Å². The van der Waals surface area contributed by atoms with Gasteiger partial charge in [0.1, 0.15) is 5.75 Å². The van der Waals surface area contributed by atoms with Crippen LogP contribution in [-0.2, 0) is 12.8 Å². The zero-order chi connectivity index (χ0) is 12.8. The Hall–Kier alpha value is -1.32. The fourth-order valence-corrected chi connectivity index (χ4v) is 2.71. The maximum atomic E-state index is 6.18. The molecule has 2 N–H and O–H groups in total. The molecule has 1 atom stereocenters. The predicted molar refractivity (Wildman–Crippen MR) is 77.3 cm³/mol. The minimum atomic E-state index is 0.208. The van der Waals surface area contributed by atoms with E-state index in [9.17, 15) is 0 Å². The van der Waals surface area contributed by atoms with Gasteiger partial charge in [-0.25, -0.2) is 0 Å². The van der Waals surface area contributed by atoms with Gasteiger partial charge in [0.15, 0.2) is 0 Å². The molecule has 2 nitrogen and oxygen atoms in total. The first-order valence-corrected chi connectivity index (χ1v) is 7.07. The van der Waals surface area contributed by atoms with E-state index < -0.39 is 0 Å². The van der Waals surface area contributed by atoms with Crippen molar-refractivity contribution in [3.63, 3.8) is 0 Å². The Morgan fingerprint density at radius 1 is 1.28 bits per heavy atom. The maximum absolute atomic E-state index is 6.18. The molecule has 1 aromatic heterocycles. The van der Waals surface area contributed by atoms with Crippen LogP contribution in [0.5, 0.6) is 5.75 Å². The zero-order valence-corrected chi connectivity index (χ0v) is 11.5. The van der Waals surface area contributed by atoms with Crippen LogP contribution >= 0.6 is 11.3 Å². The quantitative estimate of drug-likeness (QED) is 0.866. The molecule has 1 heterocycles. The van der Waals surface area contributed by atoms with Gasteiger partial charge < -0.3 is 10.5 Å². The van der Waals surface area contributed by atoms with Crippen molar-refractivity contribution in [1.29, 1.82) is 0 Å². The number of hydrogen-bond acceptors (Lipinski definition) is 3. The highest BCUT2D eigenvalue weighted by molar-refractivity contribution is 7.09. The zero-order valence-electron chi connectivity index (χ0n) is 10.6. The van der Waals surface area contributed by atoms with E-state index in [1.807, 2.05) is 12.1 Å². The third-order valence-electron chi connectivity index (χ3n) is 2.97. The van der Waals surface area contributed by atoms with E-state index in [0.29, 0.717) is 0 Å². The van der Waals surface area contributed by atoms with Crippen molar-refractivity contribution in [2.75, 3.05) is 7.11 Å². The Balaban J connectivity index is 1.84. The molecule has 0 fully saturated rings. The fraction of sp³-hybridized carbons (Fsp3) is 0.333. The topological polar surface area (TPSA) is 35.2 Å². The van der Waals surface area contributed by atoms with Crippen molar-refractivity contribution in [3.05, 3.63) is 52.2 Å². The summed E-state index contributed by atoms with van der Waals surface area (Å²) in [5.74, 6) is 0.901. The highest BCUT2D eigenvalue weighted by Gasteiger charge is 2.06. The summed E-state index contributed by atoms with van der Waals surface area (Å²) >= 11 is 1.80. The SMILES string of the molecule is COc1cccc(CC(N)CCc2cccs2)c1. The summed E-state index contributed by atoms with van der Waals surface area (Å²) in [6, 6.07) is 12.6. The minimum absolute atomic E-state index is 0.208. The van der Waals surface area contributed by atoms with E-state index in [1.54, 1.807) is 18.4 Å². The van der Waals surface area contributed by atoms with E-state index in [1.165, 1.54) is 10.4 Å². The molecule has 0 spiro atoms. The Morgan fingerprint density at radius 3 is 2.89 bits per heavy atom. The van der Waals surface area contributed by atoms with E-state index in [-0.39, 0.29) is 6.04 Å². The second-order valence-corrected chi connectivity index (χ2v) is 5.47. The molecule has 0 aliphatic carbocycles. The molecule has 3 heteroatoms. The molecule has 2 rings (SSSR count). The summed E-state index contributed by atoms with van der Waals surface area (Å²) in [6.45, 7) is 0. The summed E-state index contributed by atoms with van der Waals surface area (Å²) in [6.07, 6.45) is 3.00. The molecular weight excluding hydrogens is 242 g/mol. The van der Waals surface area contributed by atoms with Crippen molar-refractivity contribution >= 4 is 11.3 Å². The molecule has 0 saturated carbocycles. The van der Waals surface area contributed by atoms with Crippen molar-refractivity contribution in [3.8, 4) is 5.75 Å². The van der Waals surface area contributed by atoms with Crippen LogP contribution < -0.4 is 10.5 Å². The van der Waals surface area contributed by atoms with E-state index in [0.717, 1.165) is 25.0 Å². The third-order valence-corrected chi connectivity index (χ3v) is 3.91. The number of thiophene rings is 1. The Labute approximate surface area is 112 Å². The van der Waals surface area contributed by atoms with E-state index in [4.69, 9.17) is 10.5 Å². The third kappa shape index (κ3) is 3.86. The number of hydrogen-bond donors (Lipinski definition) is 1. The first kappa shape index (κ1) is 13.1. The van der Waals surface area contributed by atoms with Gasteiger partial charge >= 0.3 is 0 Å². The van der Waals surface area contributed by atoms with Crippen LogP contribution in [-0.4, -0.2) is 13.2 Å². The number of benzene rings is 1. The van der Waals surface area contributed by atoms with Crippen LogP contribution in [0.3, 0.4) is 0 Å². The molecule has 18 heavy (non-hydrogen) atoms. The number of nitrogens with two attached hydrogens (primary N) is 1. The molecule has 0 aliphatic rings. The van der Waals surface area contributed by atoms with Gasteiger partial charge in [-0.1, -0.05) is 18.2 Å². The highest BCUT2D eigenvalue weighted by Crippen LogP contribution is 2.16. The van der Waals surface area contributed by atoms with Crippen LogP contribution in [0.4, 0.5) is 0 Å². The van der Waals surface area contributed by atoms with Crippen LogP contribution in [0.15, 0.2) is 41.8 Å². The van der Waals surface area contributed by atoms with Gasteiger partial charge in [-0.15, -0.1) is 11.3 Å².